The van der Waals surface area contributed by atoms with Crippen molar-refractivity contribution in [3.05, 3.63) is 90.0 Å². The van der Waals surface area contributed by atoms with Gasteiger partial charge in [0.25, 0.3) is 5.91 Å². The van der Waals surface area contributed by atoms with E-state index in [1.165, 1.54) is 0 Å². The molecule has 4 aromatic carbocycles. The number of anilines is 5. The molecule has 0 aliphatic carbocycles. The maximum atomic E-state index is 13.4. The predicted octanol–water partition coefficient (Wildman–Crippen LogP) is 6.85. The molecule has 0 aliphatic heterocycles. The van der Waals surface area contributed by atoms with E-state index in [-0.39, 0.29) is 12.5 Å². The Bertz CT molecular complexity index is 1950. The monoisotopic (exact) mass is 717 g/mol. The lowest BCUT2D eigenvalue weighted by Gasteiger charge is -2.23. The first-order chi connectivity index (χ1) is 24.2. The summed E-state index contributed by atoms with van der Waals surface area (Å²) in [6, 6.07) is 23.3. The minimum absolute atomic E-state index is 0.234. The number of methoxy groups -OCH3 is 1. The molecular weight excluding hydrogens is 677 g/mol. The summed E-state index contributed by atoms with van der Waals surface area (Å²) >= 11 is 11.9. The minimum atomic E-state index is -0.452. The van der Waals surface area contributed by atoms with E-state index >= 15 is 0 Å². The molecule has 0 saturated carbocycles. The number of nitrogens with zero attached hydrogens (tertiary/aromatic N) is 3. The van der Waals surface area contributed by atoms with Gasteiger partial charge in [0.05, 0.1) is 30.5 Å². The highest BCUT2D eigenvalue weighted by Gasteiger charge is 2.19. The summed E-state index contributed by atoms with van der Waals surface area (Å²) in [5, 5.41) is 23.8. The number of fused-ring (bicyclic) bond motifs is 2. The number of halogens is 2. The highest BCUT2D eigenvalue weighted by Crippen LogP contribution is 2.38. The number of pyridine rings is 1. The lowest BCUT2D eigenvalue weighted by molar-refractivity contribution is 0.0952. The van der Waals surface area contributed by atoms with Gasteiger partial charge in [-0.05, 0) is 74.3 Å². The number of para-hydroxylation sites is 2. The molecule has 0 spiro atoms. The van der Waals surface area contributed by atoms with Crippen LogP contribution in [0.1, 0.15) is 15.9 Å². The van der Waals surface area contributed by atoms with Gasteiger partial charge >= 0.3 is 6.03 Å². The molecule has 0 bridgehead atoms. The Kier molecular flexibility index (Phi) is 12.6. The van der Waals surface area contributed by atoms with E-state index in [0.29, 0.717) is 94.0 Å². The van der Waals surface area contributed by atoms with Crippen molar-refractivity contribution in [1.82, 2.24) is 15.2 Å². The van der Waals surface area contributed by atoms with Crippen LogP contribution in [0.2, 0.25) is 0 Å². The Labute approximate surface area is 301 Å². The molecule has 5 aromatic rings. The highest BCUT2D eigenvalue weighted by molar-refractivity contribution is 6.19. The van der Waals surface area contributed by atoms with Crippen molar-refractivity contribution in [1.29, 1.82) is 0 Å². The quantitative estimate of drug-likeness (QED) is 0.0587. The van der Waals surface area contributed by atoms with Crippen LogP contribution in [0.25, 0.3) is 21.8 Å². The van der Waals surface area contributed by atoms with Gasteiger partial charge in [0.15, 0.2) is 0 Å². The first-order valence-corrected chi connectivity index (χ1v) is 17.2. The first kappa shape index (κ1) is 36.5. The Balaban J connectivity index is 1.45. The van der Waals surface area contributed by atoms with E-state index in [1.54, 1.807) is 31.4 Å². The first-order valence-electron chi connectivity index (χ1n) is 16.1. The molecule has 3 amide bonds. The fourth-order valence-corrected chi connectivity index (χ4v) is 6.04. The highest BCUT2D eigenvalue weighted by atomic mass is 35.5. The summed E-state index contributed by atoms with van der Waals surface area (Å²) in [7, 11) is 5.47. The van der Waals surface area contributed by atoms with E-state index in [4.69, 9.17) is 32.9 Å². The number of aliphatic hydroxyl groups excluding tert-OH is 1. The molecule has 5 rings (SSSR count). The number of benzene rings is 4. The van der Waals surface area contributed by atoms with Crippen molar-refractivity contribution < 1.29 is 19.4 Å². The van der Waals surface area contributed by atoms with Crippen molar-refractivity contribution >= 4 is 85.4 Å². The second kappa shape index (κ2) is 17.2. The van der Waals surface area contributed by atoms with Crippen LogP contribution in [0.5, 0.6) is 5.75 Å². The number of rotatable bonds is 15. The lowest BCUT2D eigenvalue weighted by atomic mass is 10.0. The molecule has 0 unspecified atom stereocenters. The van der Waals surface area contributed by atoms with Crippen molar-refractivity contribution in [2.75, 3.05) is 80.0 Å². The number of nitrogens with one attached hydrogen (secondary N) is 4. The molecule has 1 aromatic heterocycles. The number of aromatic nitrogens is 1. The third-order valence-corrected chi connectivity index (χ3v) is 8.35. The van der Waals surface area contributed by atoms with Gasteiger partial charge in [-0.2, -0.15) is 0 Å². The number of amides is 3. The Morgan fingerprint density at radius 2 is 1.48 bits per heavy atom. The van der Waals surface area contributed by atoms with Crippen LogP contribution in [0.3, 0.4) is 0 Å². The third-order valence-electron chi connectivity index (χ3n) is 8.01. The molecule has 0 fully saturated rings. The van der Waals surface area contributed by atoms with E-state index in [9.17, 15) is 14.7 Å². The molecule has 11 nitrogen and oxygen atoms in total. The van der Waals surface area contributed by atoms with Crippen LogP contribution in [0, 0.1) is 0 Å². The average Bonchev–Trinajstić information content (AvgIpc) is 3.11. The second-order valence-corrected chi connectivity index (χ2v) is 12.6. The summed E-state index contributed by atoms with van der Waals surface area (Å²) in [4.78, 5) is 35.4. The number of urea groups is 1. The molecule has 5 N–H and O–H groups in total. The SMILES string of the molecule is COc1cccc2c(Nc3cc(CO)cc(NC(=O)Nc4ccc(N(CCCl)CCCl)cc4)c3)c3cccc(C(=O)NCCN(C)C)c3nc12. The minimum Gasteiger partial charge on any atom is -0.494 e. The molecule has 262 valence electrons. The number of hydrogen-bond acceptors (Lipinski definition) is 8. The normalized spacial score (nSPS) is 11.1. The van der Waals surface area contributed by atoms with Crippen molar-refractivity contribution in [2.45, 2.75) is 6.61 Å². The molecule has 0 saturated heterocycles. The standard InChI is InChI=1S/C37H41Cl2N7O4/c1-45(2)19-16-40-36(48)31-8-4-6-29-33(30-7-5-9-32(50-3)35(30)44-34(29)31)41-26-20-24(23-47)21-27(22-26)43-37(49)42-25-10-12-28(13-11-25)46(17-14-38)18-15-39/h4-13,20-22,47H,14-19,23H2,1-3H3,(H,40,48)(H,41,44)(H2,42,43,49). The maximum absolute atomic E-state index is 13.4. The summed E-state index contributed by atoms with van der Waals surface area (Å²) in [5.74, 6) is 1.26. The number of ether oxygens (including phenoxy) is 1. The zero-order chi connectivity index (χ0) is 35.6. The van der Waals surface area contributed by atoms with Crippen LogP contribution in [0.15, 0.2) is 78.9 Å². The van der Waals surface area contributed by atoms with E-state index in [2.05, 4.69) is 26.2 Å². The number of aliphatic hydroxyl groups is 1. The summed E-state index contributed by atoms with van der Waals surface area (Å²) in [5.41, 5.74) is 5.40. The van der Waals surface area contributed by atoms with Crippen LogP contribution in [0.4, 0.5) is 33.2 Å². The number of hydrogen-bond donors (Lipinski definition) is 5. The van der Waals surface area contributed by atoms with Gasteiger partial charge in [-0.3, -0.25) is 4.79 Å². The second-order valence-electron chi connectivity index (χ2n) is 11.8. The molecule has 0 radical (unpaired) electrons. The topological polar surface area (TPSA) is 131 Å². The largest absolute Gasteiger partial charge is 0.494 e. The molecule has 0 aliphatic rings. The zero-order valence-corrected chi connectivity index (χ0v) is 29.7. The summed E-state index contributed by atoms with van der Waals surface area (Å²) in [6.45, 7) is 2.24. The lowest BCUT2D eigenvalue weighted by Crippen LogP contribution is -2.31. The predicted molar refractivity (Wildman–Crippen MR) is 205 cm³/mol. The fourth-order valence-electron chi connectivity index (χ4n) is 5.63. The molecule has 13 heteroatoms. The van der Waals surface area contributed by atoms with Crippen LogP contribution < -0.4 is 30.9 Å². The number of alkyl halides is 2. The van der Waals surface area contributed by atoms with Gasteiger partial charge in [0, 0.05) is 71.5 Å². The summed E-state index contributed by atoms with van der Waals surface area (Å²) in [6.07, 6.45) is 0. The van der Waals surface area contributed by atoms with Crippen molar-refractivity contribution in [2.24, 2.45) is 0 Å². The fraction of sp³-hybridized carbons (Fsp3) is 0.270. The number of carbonyl (C=O) groups is 2. The molecular formula is C37H41Cl2N7O4. The van der Waals surface area contributed by atoms with E-state index in [1.807, 2.05) is 73.6 Å². The zero-order valence-electron chi connectivity index (χ0n) is 28.2. The van der Waals surface area contributed by atoms with Crippen LogP contribution >= 0.6 is 23.2 Å². The van der Waals surface area contributed by atoms with Crippen molar-refractivity contribution in [3.8, 4) is 5.75 Å². The van der Waals surface area contributed by atoms with Gasteiger partial charge in [-0.1, -0.05) is 24.3 Å². The van der Waals surface area contributed by atoms with Gasteiger partial charge in [-0.25, -0.2) is 9.78 Å². The number of likely N-dealkylation sites (N-methyl/N-ethyl adjacent to an activating group) is 1. The van der Waals surface area contributed by atoms with Crippen LogP contribution in [-0.2, 0) is 6.61 Å². The Morgan fingerprint density at radius 1 is 0.820 bits per heavy atom. The van der Waals surface area contributed by atoms with Gasteiger partial charge in [0.1, 0.15) is 11.3 Å². The Hall–Kier alpha value is -4.81. The van der Waals surface area contributed by atoms with Gasteiger partial charge in [-0.15, -0.1) is 23.2 Å². The smallest absolute Gasteiger partial charge is 0.323 e. The Morgan fingerprint density at radius 3 is 2.14 bits per heavy atom. The van der Waals surface area contributed by atoms with Crippen molar-refractivity contribution in [3.63, 3.8) is 0 Å². The molecule has 1 heterocycles. The maximum Gasteiger partial charge on any atom is 0.323 e. The van der Waals surface area contributed by atoms with E-state index < -0.39 is 6.03 Å². The van der Waals surface area contributed by atoms with Gasteiger partial charge in [0.2, 0.25) is 0 Å². The third kappa shape index (κ3) is 8.85. The van der Waals surface area contributed by atoms with E-state index in [0.717, 1.165) is 11.1 Å². The molecule has 0 atom stereocenters. The van der Waals surface area contributed by atoms with Crippen LogP contribution in [-0.4, -0.2) is 86.1 Å². The average molecular weight is 719 g/mol. The number of carbonyl (C=O) groups excluding carboxylic acids is 2. The summed E-state index contributed by atoms with van der Waals surface area (Å²) < 4.78 is 5.66. The molecule has 50 heavy (non-hydrogen) atoms. The van der Waals surface area contributed by atoms with Gasteiger partial charge < -0.3 is 40.9 Å².